The van der Waals surface area contributed by atoms with Crippen molar-refractivity contribution in [2.24, 2.45) is 0 Å². The molecular formula is C15H15N3O5. The molecule has 2 N–H and O–H groups in total. The first-order chi connectivity index (χ1) is 10.9. The predicted molar refractivity (Wildman–Crippen MR) is 81.2 cm³/mol. The summed E-state index contributed by atoms with van der Waals surface area (Å²) >= 11 is 0. The molecule has 0 saturated heterocycles. The molecular weight excluding hydrogens is 302 g/mol. The van der Waals surface area contributed by atoms with E-state index in [-0.39, 0.29) is 28.8 Å². The van der Waals surface area contributed by atoms with Crippen LogP contribution < -0.4 is 14.8 Å². The fourth-order valence-corrected chi connectivity index (χ4v) is 1.84. The molecule has 2 aromatic rings. The molecule has 2 rings (SSSR count). The van der Waals surface area contributed by atoms with Crippen LogP contribution in [0.4, 0.5) is 5.69 Å². The van der Waals surface area contributed by atoms with Gasteiger partial charge in [-0.25, -0.2) is 4.79 Å². The summed E-state index contributed by atoms with van der Waals surface area (Å²) in [5.41, 5.74) is 0.895. The van der Waals surface area contributed by atoms with E-state index < -0.39 is 11.9 Å². The number of rotatable bonds is 5. The van der Waals surface area contributed by atoms with Crippen molar-refractivity contribution in [3.63, 3.8) is 0 Å². The monoisotopic (exact) mass is 317 g/mol. The van der Waals surface area contributed by atoms with Gasteiger partial charge in [-0.05, 0) is 19.1 Å². The van der Waals surface area contributed by atoms with Gasteiger partial charge in [0.15, 0.2) is 0 Å². The summed E-state index contributed by atoms with van der Waals surface area (Å²) in [7, 11) is 2.79. The minimum absolute atomic E-state index is 0.0202. The van der Waals surface area contributed by atoms with Crippen molar-refractivity contribution in [1.82, 2.24) is 9.97 Å². The molecule has 0 aliphatic carbocycles. The summed E-state index contributed by atoms with van der Waals surface area (Å²) in [6.45, 7) is 1.76. The van der Waals surface area contributed by atoms with Crippen molar-refractivity contribution in [1.29, 1.82) is 0 Å². The van der Waals surface area contributed by atoms with E-state index in [4.69, 9.17) is 9.47 Å². The fourth-order valence-electron chi connectivity index (χ4n) is 1.84. The molecule has 1 aromatic heterocycles. The van der Waals surface area contributed by atoms with Crippen molar-refractivity contribution >= 4 is 17.6 Å². The Kier molecular flexibility index (Phi) is 4.75. The van der Waals surface area contributed by atoms with Gasteiger partial charge in [-0.15, -0.1) is 0 Å². The van der Waals surface area contributed by atoms with Crippen LogP contribution in [-0.4, -0.2) is 41.2 Å². The summed E-state index contributed by atoms with van der Waals surface area (Å²) in [4.78, 5) is 31.4. The average Bonchev–Trinajstić information content (AvgIpc) is 2.55. The van der Waals surface area contributed by atoms with Gasteiger partial charge in [0.25, 0.3) is 5.91 Å². The number of carboxylic acid groups (broad SMARTS) is 1. The number of aromatic carboxylic acids is 1. The zero-order valence-electron chi connectivity index (χ0n) is 12.8. The lowest BCUT2D eigenvalue weighted by Crippen LogP contribution is -2.18. The third-order valence-electron chi connectivity index (χ3n) is 2.95. The zero-order chi connectivity index (χ0) is 17.0. The summed E-state index contributed by atoms with van der Waals surface area (Å²) < 4.78 is 9.94. The molecule has 1 heterocycles. The number of carbonyl (C=O) groups excluding carboxylic acids is 1. The van der Waals surface area contributed by atoms with Crippen LogP contribution in [0.5, 0.6) is 11.8 Å². The maximum absolute atomic E-state index is 12.3. The molecule has 23 heavy (non-hydrogen) atoms. The highest BCUT2D eigenvalue weighted by molar-refractivity contribution is 6.06. The lowest BCUT2D eigenvalue weighted by Gasteiger charge is -2.10. The molecule has 0 atom stereocenters. The van der Waals surface area contributed by atoms with Crippen LogP contribution in [0.25, 0.3) is 0 Å². The lowest BCUT2D eigenvalue weighted by molar-refractivity contribution is 0.0698. The molecule has 120 valence electrons. The number of nitrogens with zero attached hydrogens (tertiary/aromatic N) is 2. The number of hydrogen-bond donors (Lipinski definition) is 2. The quantitative estimate of drug-likeness (QED) is 0.864. The van der Waals surface area contributed by atoms with Crippen molar-refractivity contribution in [3.8, 4) is 11.8 Å². The first kappa shape index (κ1) is 16.2. The van der Waals surface area contributed by atoms with Gasteiger partial charge in [-0.3, -0.25) is 4.79 Å². The number of carboxylic acids is 1. The number of hydrogen-bond acceptors (Lipinski definition) is 6. The number of benzene rings is 1. The molecule has 0 saturated carbocycles. The molecule has 0 fully saturated rings. The Bertz CT molecular complexity index is 739. The molecule has 0 aliphatic rings. The molecule has 0 radical (unpaired) electrons. The molecule has 0 bridgehead atoms. The smallest absolute Gasteiger partial charge is 0.337 e. The van der Waals surface area contributed by atoms with Gasteiger partial charge in [0.05, 0.1) is 31.5 Å². The van der Waals surface area contributed by atoms with Gasteiger partial charge in [-0.1, -0.05) is 11.6 Å². The number of amides is 1. The molecule has 8 heteroatoms. The second-order valence-corrected chi connectivity index (χ2v) is 4.58. The van der Waals surface area contributed by atoms with Crippen molar-refractivity contribution in [3.05, 3.63) is 41.2 Å². The Labute approximate surface area is 132 Å². The van der Waals surface area contributed by atoms with E-state index in [1.807, 2.05) is 0 Å². The summed E-state index contributed by atoms with van der Waals surface area (Å²) in [6.07, 6.45) is 0. The predicted octanol–water partition coefficient (Wildman–Crippen LogP) is 1.75. The Morgan fingerprint density at radius 1 is 1.09 bits per heavy atom. The molecule has 1 amide bonds. The fraction of sp³-hybridized carbons (Fsp3) is 0.200. The van der Waals surface area contributed by atoms with Crippen molar-refractivity contribution < 1.29 is 24.2 Å². The minimum atomic E-state index is -1.15. The van der Waals surface area contributed by atoms with Crippen LogP contribution in [0.1, 0.15) is 26.5 Å². The van der Waals surface area contributed by atoms with Crippen LogP contribution in [-0.2, 0) is 0 Å². The highest BCUT2D eigenvalue weighted by Crippen LogP contribution is 2.19. The molecule has 0 spiro atoms. The molecule has 1 aromatic carbocycles. The number of nitrogens with one attached hydrogen (secondary N) is 1. The number of methoxy groups -OCH3 is 2. The summed E-state index contributed by atoms with van der Waals surface area (Å²) in [5.74, 6) is -1.70. The molecule has 0 unspecified atom stereocenters. The first-order valence-corrected chi connectivity index (χ1v) is 6.57. The van der Waals surface area contributed by atoms with Gasteiger partial charge in [0.1, 0.15) is 0 Å². The van der Waals surface area contributed by atoms with Crippen molar-refractivity contribution in [2.75, 3.05) is 19.5 Å². The number of anilines is 1. The van der Waals surface area contributed by atoms with E-state index >= 15 is 0 Å². The summed E-state index contributed by atoms with van der Waals surface area (Å²) in [6, 6.07) is 6.08. The standard InChI is InChI=1S/C15H15N3O5/c1-8-4-5-10(9(6-8)15(20)21)16-14(19)13-17-11(22-2)7-12(18-13)23-3/h4-7H,1-3H3,(H,16,19)(H,20,21). The Hall–Kier alpha value is -3.16. The Morgan fingerprint density at radius 3 is 2.22 bits per heavy atom. The van der Waals surface area contributed by atoms with Gasteiger partial charge >= 0.3 is 5.97 Å². The lowest BCUT2D eigenvalue weighted by atomic mass is 10.1. The number of aromatic nitrogens is 2. The van der Waals surface area contributed by atoms with E-state index in [2.05, 4.69) is 15.3 Å². The topological polar surface area (TPSA) is 111 Å². The normalized spacial score (nSPS) is 10.0. The van der Waals surface area contributed by atoms with Crippen LogP contribution in [0, 0.1) is 6.92 Å². The van der Waals surface area contributed by atoms with Crippen LogP contribution in [0.15, 0.2) is 24.3 Å². The van der Waals surface area contributed by atoms with Crippen LogP contribution >= 0.6 is 0 Å². The van der Waals surface area contributed by atoms with Gasteiger partial charge in [-0.2, -0.15) is 9.97 Å². The molecule has 0 aliphatic heterocycles. The number of carbonyl (C=O) groups is 2. The third kappa shape index (κ3) is 3.73. The van der Waals surface area contributed by atoms with Crippen LogP contribution in [0.2, 0.25) is 0 Å². The van der Waals surface area contributed by atoms with E-state index in [0.29, 0.717) is 0 Å². The van der Waals surface area contributed by atoms with E-state index in [1.54, 1.807) is 13.0 Å². The maximum atomic E-state index is 12.3. The Morgan fingerprint density at radius 2 is 1.70 bits per heavy atom. The first-order valence-electron chi connectivity index (χ1n) is 6.57. The average molecular weight is 317 g/mol. The summed E-state index contributed by atoms with van der Waals surface area (Å²) in [5, 5.41) is 11.7. The molecule has 8 nitrogen and oxygen atoms in total. The van der Waals surface area contributed by atoms with E-state index in [0.717, 1.165) is 5.56 Å². The zero-order valence-corrected chi connectivity index (χ0v) is 12.8. The highest BCUT2D eigenvalue weighted by Gasteiger charge is 2.17. The van der Waals surface area contributed by atoms with Crippen molar-refractivity contribution in [2.45, 2.75) is 6.92 Å². The third-order valence-corrected chi connectivity index (χ3v) is 2.95. The SMILES string of the molecule is COc1cc(OC)nc(C(=O)Nc2ccc(C)cc2C(=O)O)n1. The van der Waals surface area contributed by atoms with Gasteiger partial charge in [0, 0.05) is 0 Å². The number of aryl methyl sites for hydroxylation is 1. The highest BCUT2D eigenvalue weighted by atomic mass is 16.5. The van der Waals surface area contributed by atoms with Gasteiger partial charge in [0.2, 0.25) is 17.6 Å². The maximum Gasteiger partial charge on any atom is 0.337 e. The second kappa shape index (κ2) is 6.73. The van der Waals surface area contributed by atoms with Crippen LogP contribution in [0.3, 0.4) is 0 Å². The van der Waals surface area contributed by atoms with Gasteiger partial charge < -0.3 is 19.9 Å². The van der Waals surface area contributed by atoms with E-state index in [9.17, 15) is 14.7 Å². The second-order valence-electron chi connectivity index (χ2n) is 4.58. The van der Waals surface area contributed by atoms with E-state index in [1.165, 1.54) is 32.4 Å². The largest absolute Gasteiger partial charge is 0.481 e. The number of ether oxygens (including phenoxy) is 2. The minimum Gasteiger partial charge on any atom is -0.481 e. The Balaban J connectivity index is 2.34.